The zero-order chi connectivity index (χ0) is 12.1. The fourth-order valence-corrected chi connectivity index (χ4v) is 2.20. The average Bonchev–Trinajstić information content (AvgIpc) is 2.73. The molecule has 1 heterocycles. The van der Waals surface area contributed by atoms with Crippen LogP contribution in [0, 0.1) is 5.92 Å². The lowest BCUT2D eigenvalue weighted by Crippen LogP contribution is -2.36. The van der Waals surface area contributed by atoms with Crippen LogP contribution in [0.3, 0.4) is 0 Å². The molecular weight excluding hydrogens is 268 g/mol. The van der Waals surface area contributed by atoms with E-state index in [4.69, 9.17) is 0 Å². The van der Waals surface area contributed by atoms with Gasteiger partial charge < -0.3 is 10.2 Å². The van der Waals surface area contributed by atoms with Crippen molar-refractivity contribution in [2.45, 2.75) is 44.5 Å². The van der Waals surface area contributed by atoms with Crippen LogP contribution < -0.4 is 5.32 Å². The molecule has 4 heteroatoms. The number of halogens is 1. The van der Waals surface area contributed by atoms with Gasteiger partial charge in [-0.05, 0) is 39.2 Å². The van der Waals surface area contributed by atoms with E-state index in [2.05, 4.69) is 40.0 Å². The van der Waals surface area contributed by atoms with Crippen LogP contribution in [-0.4, -0.2) is 41.3 Å². The highest BCUT2D eigenvalue weighted by Crippen LogP contribution is 2.17. The minimum Gasteiger partial charge on any atom is -0.355 e. The number of nitrogens with one attached hydrogen (secondary N) is 1. The normalized spacial score (nSPS) is 23.7. The number of likely N-dealkylation sites (tertiary alicyclic amines) is 1. The van der Waals surface area contributed by atoms with Gasteiger partial charge in [-0.1, -0.05) is 22.9 Å². The summed E-state index contributed by atoms with van der Waals surface area (Å²) >= 11 is 3.36. The summed E-state index contributed by atoms with van der Waals surface area (Å²) in [4.78, 5) is 14.0. The molecule has 1 aliphatic heterocycles. The first-order valence-electron chi connectivity index (χ1n) is 6.20. The lowest BCUT2D eigenvalue weighted by atomic mass is 10.1. The molecule has 0 aliphatic carbocycles. The molecule has 0 saturated carbocycles. The van der Waals surface area contributed by atoms with Gasteiger partial charge in [-0.25, -0.2) is 0 Å². The van der Waals surface area contributed by atoms with Gasteiger partial charge in [0.05, 0.1) is 4.83 Å². The SMILES string of the molecule is CCC(Br)C(=O)NCC1CCN(C(C)C)C1. The summed E-state index contributed by atoms with van der Waals surface area (Å²) in [6, 6.07) is 0.625. The maximum atomic E-state index is 11.6. The molecule has 1 aliphatic rings. The second-order valence-corrected chi connectivity index (χ2v) is 5.97. The number of carbonyl (C=O) groups excluding carboxylic acids is 1. The molecule has 16 heavy (non-hydrogen) atoms. The number of nitrogens with zero attached hydrogens (tertiary/aromatic N) is 1. The van der Waals surface area contributed by atoms with Crippen LogP contribution in [-0.2, 0) is 4.79 Å². The van der Waals surface area contributed by atoms with Crippen LogP contribution in [0.1, 0.15) is 33.6 Å². The third-order valence-electron chi connectivity index (χ3n) is 3.26. The van der Waals surface area contributed by atoms with E-state index >= 15 is 0 Å². The molecule has 0 radical (unpaired) electrons. The minimum atomic E-state index is -0.0323. The highest BCUT2D eigenvalue weighted by atomic mass is 79.9. The monoisotopic (exact) mass is 290 g/mol. The molecule has 0 aromatic carbocycles. The highest BCUT2D eigenvalue weighted by molar-refractivity contribution is 9.10. The zero-order valence-electron chi connectivity index (χ0n) is 10.5. The third-order valence-corrected chi connectivity index (χ3v) is 4.32. The van der Waals surface area contributed by atoms with Crippen molar-refractivity contribution in [2.75, 3.05) is 19.6 Å². The van der Waals surface area contributed by atoms with Crippen LogP contribution in [0.5, 0.6) is 0 Å². The van der Waals surface area contributed by atoms with Gasteiger partial charge in [-0.2, -0.15) is 0 Å². The molecule has 1 N–H and O–H groups in total. The molecule has 94 valence electrons. The van der Waals surface area contributed by atoms with Gasteiger partial charge in [0.1, 0.15) is 0 Å². The van der Waals surface area contributed by atoms with Crippen LogP contribution in [0.2, 0.25) is 0 Å². The van der Waals surface area contributed by atoms with Crippen molar-refractivity contribution in [3.8, 4) is 0 Å². The maximum absolute atomic E-state index is 11.6. The second kappa shape index (κ2) is 6.60. The Balaban J connectivity index is 2.22. The molecule has 1 fully saturated rings. The summed E-state index contributed by atoms with van der Waals surface area (Å²) in [5, 5.41) is 3.02. The Bertz CT molecular complexity index is 233. The molecule has 2 atom stereocenters. The smallest absolute Gasteiger partial charge is 0.233 e. The van der Waals surface area contributed by atoms with Crippen molar-refractivity contribution in [1.29, 1.82) is 0 Å². The average molecular weight is 291 g/mol. The van der Waals surface area contributed by atoms with E-state index in [0.29, 0.717) is 12.0 Å². The number of hydrogen-bond donors (Lipinski definition) is 1. The van der Waals surface area contributed by atoms with E-state index < -0.39 is 0 Å². The van der Waals surface area contributed by atoms with Gasteiger partial charge in [0.25, 0.3) is 0 Å². The van der Waals surface area contributed by atoms with E-state index in [0.717, 1.165) is 19.5 Å². The van der Waals surface area contributed by atoms with Gasteiger partial charge >= 0.3 is 0 Å². The molecule has 1 rings (SSSR count). The van der Waals surface area contributed by atoms with Gasteiger partial charge in [-0.15, -0.1) is 0 Å². The van der Waals surface area contributed by atoms with Crippen molar-refractivity contribution in [1.82, 2.24) is 10.2 Å². The summed E-state index contributed by atoms with van der Waals surface area (Å²) < 4.78 is 0. The lowest BCUT2D eigenvalue weighted by molar-refractivity contribution is -0.120. The van der Waals surface area contributed by atoms with Crippen LogP contribution >= 0.6 is 15.9 Å². The molecule has 3 nitrogen and oxygen atoms in total. The fraction of sp³-hybridized carbons (Fsp3) is 0.917. The molecule has 0 aromatic heterocycles. The summed E-state index contributed by atoms with van der Waals surface area (Å²) in [7, 11) is 0. The van der Waals surface area contributed by atoms with Crippen LogP contribution in [0.25, 0.3) is 0 Å². The molecular formula is C12H23BrN2O. The zero-order valence-corrected chi connectivity index (χ0v) is 12.1. The number of carbonyl (C=O) groups is 1. The first kappa shape index (κ1) is 14.0. The Morgan fingerprint density at radius 2 is 2.25 bits per heavy atom. The summed E-state index contributed by atoms with van der Waals surface area (Å²) in [6.07, 6.45) is 2.05. The third kappa shape index (κ3) is 4.06. The van der Waals surface area contributed by atoms with Crippen molar-refractivity contribution < 1.29 is 4.79 Å². The Labute approximate surface area is 107 Å². The van der Waals surface area contributed by atoms with Gasteiger partial charge in [-0.3, -0.25) is 4.79 Å². The molecule has 1 amide bonds. The topological polar surface area (TPSA) is 32.3 Å². The largest absolute Gasteiger partial charge is 0.355 e. The number of amides is 1. The van der Waals surface area contributed by atoms with E-state index in [1.165, 1.54) is 13.0 Å². The van der Waals surface area contributed by atoms with E-state index in [1.807, 2.05) is 6.92 Å². The minimum absolute atomic E-state index is 0.0323. The van der Waals surface area contributed by atoms with Gasteiger partial charge in [0, 0.05) is 19.1 Å². The molecule has 0 spiro atoms. The summed E-state index contributed by atoms with van der Waals surface area (Å²) in [5.74, 6) is 0.758. The fourth-order valence-electron chi connectivity index (χ4n) is 2.04. The van der Waals surface area contributed by atoms with Crippen molar-refractivity contribution in [3.05, 3.63) is 0 Å². The number of rotatable bonds is 5. The Kier molecular flexibility index (Phi) is 5.76. The predicted octanol–water partition coefficient (Wildman–Crippen LogP) is 2.01. The van der Waals surface area contributed by atoms with Crippen molar-refractivity contribution >= 4 is 21.8 Å². The maximum Gasteiger partial charge on any atom is 0.233 e. The highest BCUT2D eigenvalue weighted by Gasteiger charge is 2.24. The number of hydrogen-bond acceptors (Lipinski definition) is 2. The molecule has 0 bridgehead atoms. The standard InChI is InChI=1S/C12H23BrN2O/c1-4-11(13)12(16)14-7-10-5-6-15(8-10)9(2)3/h9-11H,4-8H2,1-3H3,(H,14,16). The molecule has 1 saturated heterocycles. The van der Waals surface area contributed by atoms with Crippen LogP contribution in [0.15, 0.2) is 0 Å². The lowest BCUT2D eigenvalue weighted by Gasteiger charge is -2.20. The Morgan fingerprint density at radius 3 is 2.75 bits per heavy atom. The Morgan fingerprint density at radius 1 is 1.56 bits per heavy atom. The van der Waals surface area contributed by atoms with Crippen LogP contribution in [0.4, 0.5) is 0 Å². The second-order valence-electron chi connectivity index (χ2n) is 4.86. The van der Waals surface area contributed by atoms with E-state index in [1.54, 1.807) is 0 Å². The van der Waals surface area contributed by atoms with Gasteiger partial charge in [0.2, 0.25) is 5.91 Å². The van der Waals surface area contributed by atoms with Crippen molar-refractivity contribution in [3.63, 3.8) is 0 Å². The summed E-state index contributed by atoms with van der Waals surface area (Å²) in [6.45, 7) is 9.58. The number of alkyl halides is 1. The Hall–Kier alpha value is -0.0900. The van der Waals surface area contributed by atoms with E-state index in [-0.39, 0.29) is 10.7 Å². The van der Waals surface area contributed by atoms with E-state index in [9.17, 15) is 4.79 Å². The first-order chi connectivity index (χ1) is 7.54. The van der Waals surface area contributed by atoms with Crippen molar-refractivity contribution in [2.24, 2.45) is 5.92 Å². The molecule has 0 aromatic rings. The van der Waals surface area contributed by atoms with Gasteiger partial charge in [0.15, 0.2) is 0 Å². The first-order valence-corrected chi connectivity index (χ1v) is 7.12. The molecule has 2 unspecified atom stereocenters. The predicted molar refractivity (Wildman–Crippen MR) is 70.8 cm³/mol. The summed E-state index contributed by atoms with van der Waals surface area (Å²) in [5.41, 5.74) is 0. The quantitative estimate of drug-likeness (QED) is 0.786.